The molecule has 0 atom stereocenters. The van der Waals surface area contributed by atoms with Crippen LogP contribution in [0.15, 0.2) is 59.2 Å². The van der Waals surface area contributed by atoms with Gasteiger partial charge in [0.05, 0.1) is 30.5 Å². The molecule has 0 saturated heterocycles. The SMILES string of the molecule is Cc1cccc(C)c1OCCC(=O)Nc1ccc(NC(=O)c2ccco2)cc1C(F)(F)F. The van der Waals surface area contributed by atoms with Gasteiger partial charge in [-0.15, -0.1) is 0 Å². The van der Waals surface area contributed by atoms with Crippen LogP contribution >= 0.6 is 0 Å². The number of rotatable bonds is 7. The van der Waals surface area contributed by atoms with Gasteiger partial charge in [0.15, 0.2) is 5.76 Å². The smallest absolute Gasteiger partial charge is 0.418 e. The lowest BCUT2D eigenvalue weighted by Gasteiger charge is -2.16. The Labute approximate surface area is 182 Å². The van der Waals surface area contributed by atoms with Crippen LogP contribution in [-0.2, 0) is 11.0 Å². The standard InChI is InChI=1S/C23H21F3N2O4/c1-14-5-3-6-15(2)21(14)32-12-10-20(29)28-18-9-8-16(13-17(18)23(24,25)26)27-22(30)19-7-4-11-31-19/h3-9,11,13H,10,12H2,1-2H3,(H,27,30)(H,28,29). The van der Waals surface area contributed by atoms with E-state index in [1.54, 1.807) is 0 Å². The summed E-state index contributed by atoms with van der Waals surface area (Å²) < 4.78 is 51.2. The number of para-hydroxylation sites is 1. The van der Waals surface area contributed by atoms with Crippen molar-refractivity contribution in [2.75, 3.05) is 17.2 Å². The van der Waals surface area contributed by atoms with Crippen LogP contribution in [0.25, 0.3) is 0 Å². The van der Waals surface area contributed by atoms with E-state index in [-0.39, 0.29) is 24.5 Å². The molecule has 0 radical (unpaired) electrons. The summed E-state index contributed by atoms with van der Waals surface area (Å²) in [4.78, 5) is 24.2. The Morgan fingerprint density at radius 3 is 2.34 bits per heavy atom. The summed E-state index contributed by atoms with van der Waals surface area (Å²) in [6, 6.07) is 11.6. The van der Waals surface area contributed by atoms with Crippen molar-refractivity contribution in [3.05, 3.63) is 77.2 Å². The number of alkyl halides is 3. The van der Waals surface area contributed by atoms with E-state index in [1.807, 2.05) is 32.0 Å². The molecule has 0 aliphatic heterocycles. The molecule has 9 heteroatoms. The number of hydrogen-bond acceptors (Lipinski definition) is 4. The fraction of sp³-hybridized carbons (Fsp3) is 0.217. The van der Waals surface area contributed by atoms with Crippen LogP contribution in [0, 0.1) is 13.8 Å². The topological polar surface area (TPSA) is 80.6 Å². The van der Waals surface area contributed by atoms with Crippen LogP contribution in [0.4, 0.5) is 24.5 Å². The van der Waals surface area contributed by atoms with Crippen molar-refractivity contribution < 1.29 is 31.9 Å². The minimum absolute atomic E-state index is 0.0101. The summed E-state index contributed by atoms with van der Waals surface area (Å²) in [6.07, 6.45) is -3.61. The van der Waals surface area contributed by atoms with Crippen molar-refractivity contribution in [1.82, 2.24) is 0 Å². The number of furan rings is 1. The molecular formula is C23H21F3N2O4. The maximum atomic E-state index is 13.5. The summed E-state index contributed by atoms with van der Waals surface area (Å²) >= 11 is 0. The van der Waals surface area contributed by atoms with Gasteiger partial charge in [0.2, 0.25) is 5.91 Å². The molecule has 32 heavy (non-hydrogen) atoms. The molecule has 6 nitrogen and oxygen atoms in total. The maximum absolute atomic E-state index is 13.5. The molecule has 3 rings (SSSR count). The summed E-state index contributed by atoms with van der Waals surface area (Å²) in [6.45, 7) is 3.74. The first kappa shape index (κ1) is 22.9. The highest BCUT2D eigenvalue weighted by molar-refractivity contribution is 6.02. The van der Waals surface area contributed by atoms with Crippen molar-refractivity contribution in [2.45, 2.75) is 26.4 Å². The second-order valence-corrected chi connectivity index (χ2v) is 7.06. The minimum Gasteiger partial charge on any atom is -0.493 e. The van der Waals surface area contributed by atoms with Crippen molar-refractivity contribution >= 4 is 23.2 Å². The molecule has 2 amide bonds. The Balaban J connectivity index is 1.67. The van der Waals surface area contributed by atoms with Crippen molar-refractivity contribution in [1.29, 1.82) is 0 Å². The third-order valence-corrected chi connectivity index (χ3v) is 4.59. The number of carbonyl (C=O) groups is 2. The van der Waals surface area contributed by atoms with Crippen LogP contribution in [0.2, 0.25) is 0 Å². The monoisotopic (exact) mass is 446 g/mol. The summed E-state index contributed by atoms with van der Waals surface area (Å²) in [7, 11) is 0. The highest BCUT2D eigenvalue weighted by Gasteiger charge is 2.34. The Morgan fingerprint density at radius 1 is 1.00 bits per heavy atom. The van der Waals surface area contributed by atoms with Crippen LogP contribution < -0.4 is 15.4 Å². The Bertz CT molecular complexity index is 1090. The van der Waals surface area contributed by atoms with Gasteiger partial charge in [-0.1, -0.05) is 18.2 Å². The molecule has 0 fully saturated rings. The molecule has 0 aliphatic carbocycles. The molecule has 0 saturated carbocycles. The lowest BCUT2D eigenvalue weighted by molar-refractivity contribution is -0.136. The second kappa shape index (κ2) is 9.59. The molecule has 1 aromatic heterocycles. The van der Waals surface area contributed by atoms with E-state index in [1.165, 1.54) is 24.5 Å². The number of benzene rings is 2. The molecule has 168 valence electrons. The van der Waals surface area contributed by atoms with Gasteiger partial charge in [-0.3, -0.25) is 9.59 Å². The molecule has 0 spiro atoms. The van der Waals surface area contributed by atoms with E-state index in [0.717, 1.165) is 23.3 Å². The second-order valence-electron chi connectivity index (χ2n) is 7.06. The Morgan fingerprint density at radius 2 is 1.72 bits per heavy atom. The van der Waals surface area contributed by atoms with Gasteiger partial charge in [-0.05, 0) is 55.3 Å². The normalized spacial score (nSPS) is 11.2. The molecule has 2 aromatic carbocycles. The van der Waals surface area contributed by atoms with E-state index in [0.29, 0.717) is 5.75 Å². The summed E-state index contributed by atoms with van der Waals surface area (Å²) in [5.74, 6) is -0.717. The number of hydrogen-bond donors (Lipinski definition) is 2. The van der Waals surface area contributed by atoms with Crippen molar-refractivity contribution in [3.63, 3.8) is 0 Å². The average Bonchev–Trinajstić information content (AvgIpc) is 3.25. The van der Waals surface area contributed by atoms with Crippen molar-refractivity contribution in [2.24, 2.45) is 0 Å². The molecule has 2 N–H and O–H groups in total. The van der Waals surface area contributed by atoms with Crippen molar-refractivity contribution in [3.8, 4) is 5.75 Å². The van der Waals surface area contributed by atoms with E-state index < -0.39 is 29.2 Å². The maximum Gasteiger partial charge on any atom is 0.418 e. The minimum atomic E-state index is -4.75. The number of anilines is 2. The molecular weight excluding hydrogens is 425 g/mol. The van der Waals surface area contributed by atoms with Gasteiger partial charge in [0, 0.05) is 5.69 Å². The largest absolute Gasteiger partial charge is 0.493 e. The van der Waals surface area contributed by atoms with E-state index >= 15 is 0 Å². The average molecular weight is 446 g/mol. The quantitative estimate of drug-likeness (QED) is 0.497. The van der Waals surface area contributed by atoms with Crippen LogP contribution in [-0.4, -0.2) is 18.4 Å². The molecule has 1 heterocycles. The highest BCUT2D eigenvalue weighted by atomic mass is 19.4. The number of halogens is 3. The zero-order valence-electron chi connectivity index (χ0n) is 17.4. The van der Waals surface area contributed by atoms with Crippen LogP contribution in [0.3, 0.4) is 0 Å². The third-order valence-electron chi connectivity index (χ3n) is 4.59. The zero-order chi connectivity index (χ0) is 23.3. The van der Waals surface area contributed by atoms with E-state index in [2.05, 4.69) is 10.6 Å². The number of aryl methyl sites for hydroxylation is 2. The lowest BCUT2D eigenvalue weighted by atomic mass is 10.1. The van der Waals surface area contributed by atoms with Gasteiger partial charge in [0.1, 0.15) is 5.75 Å². The van der Waals surface area contributed by atoms with Gasteiger partial charge in [-0.2, -0.15) is 13.2 Å². The highest BCUT2D eigenvalue weighted by Crippen LogP contribution is 2.36. The fourth-order valence-electron chi connectivity index (χ4n) is 3.05. The van der Waals surface area contributed by atoms with Gasteiger partial charge in [-0.25, -0.2) is 0 Å². The number of ether oxygens (including phenoxy) is 1. The fourth-order valence-corrected chi connectivity index (χ4v) is 3.05. The van der Waals surface area contributed by atoms with E-state index in [4.69, 9.17) is 9.15 Å². The molecule has 3 aromatic rings. The Hall–Kier alpha value is -3.75. The number of amides is 2. The van der Waals surface area contributed by atoms with Crippen LogP contribution in [0.1, 0.15) is 33.7 Å². The lowest BCUT2D eigenvalue weighted by Crippen LogP contribution is -2.19. The van der Waals surface area contributed by atoms with Gasteiger partial charge < -0.3 is 19.8 Å². The summed E-state index contributed by atoms with van der Waals surface area (Å²) in [5, 5.41) is 4.61. The molecule has 0 bridgehead atoms. The predicted molar refractivity (Wildman–Crippen MR) is 113 cm³/mol. The van der Waals surface area contributed by atoms with Crippen LogP contribution in [0.5, 0.6) is 5.75 Å². The first-order valence-corrected chi connectivity index (χ1v) is 9.70. The zero-order valence-corrected chi connectivity index (χ0v) is 17.4. The third kappa shape index (κ3) is 5.69. The molecule has 0 aliphatic rings. The first-order chi connectivity index (χ1) is 15.1. The van der Waals surface area contributed by atoms with Gasteiger partial charge in [0.25, 0.3) is 5.91 Å². The Kier molecular flexibility index (Phi) is 6.87. The number of nitrogens with one attached hydrogen (secondary N) is 2. The first-order valence-electron chi connectivity index (χ1n) is 9.70. The molecule has 0 unspecified atom stereocenters. The number of carbonyl (C=O) groups excluding carboxylic acids is 2. The van der Waals surface area contributed by atoms with Gasteiger partial charge >= 0.3 is 6.18 Å². The predicted octanol–water partition coefficient (Wildman–Crippen LogP) is 5.58. The van der Waals surface area contributed by atoms with E-state index in [9.17, 15) is 22.8 Å². The summed E-state index contributed by atoms with van der Waals surface area (Å²) in [5.41, 5.74) is 0.216.